The van der Waals surface area contributed by atoms with E-state index in [2.05, 4.69) is 41.2 Å². The molecule has 2 atom stereocenters. The number of hydrazine groups is 1. The molecule has 0 aromatic heterocycles. The molecule has 0 saturated heterocycles. The van der Waals surface area contributed by atoms with E-state index in [1.807, 2.05) is 24.3 Å². The summed E-state index contributed by atoms with van der Waals surface area (Å²) in [5.41, 5.74) is 8.20. The number of carbonyl (C=O) groups is 1. The van der Waals surface area contributed by atoms with Crippen molar-refractivity contribution in [2.45, 2.75) is 31.3 Å². The number of para-hydroxylation sites is 2. The first-order valence-electron chi connectivity index (χ1n) is 8.98. The quantitative estimate of drug-likeness (QED) is 0.831. The summed E-state index contributed by atoms with van der Waals surface area (Å²) in [7, 11) is 0. The van der Waals surface area contributed by atoms with Gasteiger partial charge in [0.05, 0.1) is 0 Å². The molecule has 0 bridgehead atoms. The lowest BCUT2D eigenvalue weighted by Gasteiger charge is -2.27. The number of allylic oxidation sites excluding steroid dienone is 2. The van der Waals surface area contributed by atoms with Crippen LogP contribution in [0.2, 0.25) is 0 Å². The first-order valence-corrected chi connectivity index (χ1v) is 8.98. The molecule has 0 radical (unpaired) electrons. The van der Waals surface area contributed by atoms with Gasteiger partial charge in [0.25, 0.3) is 5.91 Å². The molecule has 0 saturated carbocycles. The molecular formula is C21H22N2O3. The van der Waals surface area contributed by atoms with E-state index >= 15 is 0 Å². The summed E-state index contributed by atoms with van der Waals surface area (Å²) >= 11 is 0. The topological polar surface area (TPSA) is 59.6 Å². The van der Waals surface area contributed by atoms with Crippen molar-refractivity contribution >= 4 is 5.91 Å². The highest BCUT2D eigenvalue weighted by Gasteiger charge is 2.27. The first kappa shape index (κ1) is 16.5. The zero-order valence-electron chi connectivity index (χ0n) is 14.5. The van der Waals surface area contributed by atoms with Crippen LogP contribution < -0.4 is 20.3 Å². The van der Waals surface area contributed by atoms with Crippen LogP contribution in [0.3, 0.4) is 0 Å². The van der Waals surface area contributed by atoms with Crippen LogP contribution in [-0.4, -0.2) is 18.6 Å². The number of rotatable bonds is 4. The molecule has 2 N–H and O–H groups in total. The van der Waals surface area contributed by atoms with Gasteiger partial charge in [-0.05, 0) is 42.9 Å². The molecule has 0 fully saturated rings. The van der Waals surface area contributed by atoms with Gasteiger partial charge in [0.2, 0.25) is 6.10 Å². The van der Waals surface area contributed by atoms with Crippen molar-refractivity contribution in [2.24, 2.45) is 0 Å². The Morgan fingerprint density at radius 1 is 1.00 bits per heavy atom. The van der Waals surface area contributed by atoms with Crippen LogP contribution in [0.25, 0.3) is 0 Å². The second-order valence-electron chi connectivity index (χ2n) is 6.59. The molecule has 1 heterocycles. The second kappa shape index (κ2) is 7.52. The Morgan fingerprint density at radius 2 is 1.77 bits per heavy atom. The molecular weight excluding hydrogens is 328 g/mol. The third-order valence-corrected chi connectivity index (χ3v) is 4.83. The van der Waals surface area contributed by atoms with Crippen LogP contribution in [0.5, 0.6) is 11.5 Å². The average Bonchev–Trinajstić information content (AvgIpc) is 2.72. The maximum Gasteiger partial charge on any atom is 0.282 e. The molecule has 134 valence electrons. The maximum absolute atomic E-state index is 12.3. The molecule has 0 spiro atoms. The molecule has 1 aliphatic heterocycles. The molecule has 5 heteroatoms. The van der Waals surface area contributed by atoms with Gasteiger partial charge in [-0.25, -0.2) is 0 Å². The summed E-state index contributed by atoms with van der Waals surface area (Å²) < 4.78 is 11.3. The predicted molar refractivity (Wildman–Crippen MR) is 98.7 cm³/mol. The number of fused-ring (bicyclic) bond motifs is 1. The van der Waals surface area contributed by atoms with Gasteiger partial charge in [0.1, 0.15) is 6.61 Å². The zero-order valence-corrected chi connectivity index (χ0v) is 14.5. The van der Waals surface area contributed by atoms with Crippen molar-refractivity contribution in [2.75, 3.05) is 6.61 Å². The van der Waals surface area contributed by atoms with Crippen LogP contribution in [-0.2, 0) is 4.79 Å². The van der Waals surface area contributed by atoms with Crippen LogP contribution in [0.4, 0.5) is 0 Å². The Morgan fingerprint density at radius 3 is 2.54 bits per heavy atom. The van der Waals surface area contributed by atoms with E-state index in [9.17, 15) is 4.79 Å². The Bertz CT molecular complexity index is 804. The zero-order chi connectivity index (χ0) is 17.8. The molecule has 5 nitrogen and oxygen atoms in total. The van der Waals surface area contributed by atoms with E-state index in [1.54, 1.807) is 6.07 Å². The van der Waals surface area contributed by atoms with E-state index < -0.39 is 6.10 Å². The van der Waals surface area contributed by atoms with Crippen molar-refractivity contribution in [3.05, 3.63) is 71.9 Å². The second-order valence-corrected chi connectivity index (χ2v) is 6.59. The molecule has 1 amide bonds. The molecule has 2 aliphatic rings. The van der Waals surface area contributed by atoms with Gasteiger partial charge in [0.15, 0.2) is 11.5 Å². The average molecular weight is 350 g/mol. The van der Waals surface area contributed by atoms with Crippen molar-refractivity contribution in [1.82, 2.24) is 10.9 Å². The van der Waals surface area contributed by atoms with Gasteiger partial charge in [-0.2, -0.15) is 0 Å². The number of amides is 1. The van der Waals surface area contributed by atoms with Gasteiger partial charge < -0.3 is 14.9 Å². The summed E-state index contributed by atoms with van der Waals surface area (Å²) in [6.07, 6.45) is 4.45. The van der Waals surface area contributed by atoms with Crippen molar-refractivity contribution < 1.29 is 14.3 Å². The number of hydrogen-bond acceptors (Lipinski definition) is 4. The number of hydrogen-bond donors (Lipinski definition) is 2. The Kier molecular flexibility index (Phi) is 4.78. The standard InChI is InChI=1S/C21H22N2O3/c24-21(20-14-25-18-8-4-5-9-19(18)26-20)23-22-17-12-10-16(11-13-17)15-6-2-1-3-7-15/h1-9,12,16,20,22H,10-11,13-14H2,(H,23,24). The Hall–Kier alpha value is -2.95. The lowest BCUT2D eigenvalue weighted by Crippen LogP contribution is -2.49. The highest BCUT2D eigenvalue weighted by molar-refractivity contribution is 5.81. The summed E-state index contributed by atoms with van der Waals surface area (Å²) in [4.78, 5) is 12.3. The summed E-state index contributed by atoms with van der Waals surface area (Å²) in [6.45, 7) is 0.208. The molecule has 2 unspecified atom stereocenters. The SMILES string of the molecule is O=C(NNC1=CCC(c2ccccc2)CC1)C1COc2ccccc2O1. The Labute approximate surface area is 153 Å². The van der Waals surface area contributed by atoms with Gasteiger partial charge >= 0.3 is 0 Å². The minimum Gasteiger partial charge on any atom is -0.485 e. The number of benzene rings is 2. The molecule has 26 heavy (non-hydrogen) atoms. The largest absolute Gasteiger partial charge is 0.485 e. The molecule has 2 aromatic rings. The van der Waals surface area contributed by atoms with Crippen molar-refractivity contribution in [3.63, 3.8) is 0 Å². The summed E-state index contributed by atoms with van der Waals surface area (Å²) in [5.74, 6) is 1.59. The van der Waals surface area contributed by atoms with Crippen molar-refractivity contribution in [3.8, 4) is 11.5 Å². The molecule has 1 aliphatic carbocycles. The highest BCUT2D eigenvalue weighted by atomic mass is 16.6. The van der Waals surface area contributed by atoms with Crippen LogP contribution in [0.1, 0.15) is 30.7 Å². The van der Waals surface area contributed by atoms with E-state index in [1.165, 1.54) is 5.56 Å². The monoisotopic (exact) mass is 350 g/mol. The van der Waals surface area contributed by atoms with E-state index in [0.717, 1.165) is 25.0 Å². The van der Waals surface area contributed by atoms with E-state index in [0.29, 0.717) is 17.4 Å². The fraction of sp³-hybridized carbons (Fsp3) is 0.286. The number of carbonyl (C=O) groups excluding carboxylic acids is 1. The highest BCUT2D eigenvalue weighted by Crippen LogP contribution is 2.32. The van der Waals surface area contributed by atoms with Gasteiger partial charge in [0, 0.05) is 5.70 Å². The van der Waals surface area contributed by atoms with Crippen LogP contribution in [0, 0.1) is 0 Å². The number of nitrogens with one attached hydrogen (secondary N) is 2. The van der Waals surface area contributed by atoms with E-state index in [4.69, 9.17) is 9.47 Å². The minimum atomic E-state index is -0.654. The normalized spacial score (nSPS) is 21.5. The van der Waals surface area contributed by atoms with Gasteiger partial charge in [-0.1, -0.05) is 48.5 Å². The third-order valence-electron chi connectivity index (χ3n) is 4.83. The summed E-state index contributed by atoms with van der Waals surface area (Å²) in [5, 5.41) is 0. The maximum atomic E-state index is 12.3. The Balaban J connectivity index is 1.28. The fourth-order valence-corrected chi connectivity index (χ4v) is 3.35. The van der Waals surface area contributed by atoms with Gasteiger partial charge in [-0.3, -0.25) is 10.2 Å². The number of ether oxygens (including phenoxy) is 2. The predicted octanol–water partition coefficient (Wildman–Crippen LogP) is 3.30. The molecule has 2 aromatic carbocycles. The third kappa shape index (κ3) is 3.67. The fourth-order valence-electron chi connectivity index (χ4n) is 3.35. The smallest absolute Gasteiger partial charge is 0.282 e. The lowest BCUT2D eigenvalue weighted by molar-refractivity contribution is -0.131. The lowest BCUT2D eigenvalue weighted by atomic mass is 9.87. The minimum absolute atomic E-state index is 0.208. The van der Waals surface area contributed by atoms with E-state index in [-0.39, 0.29) is 12.5 Å². The van der Waals surface area contributed by atoms with Crippen LogP contribution >= 0.6 is 0 Å². The summed E-state index contributed by atoms with van der Waals surface area (Å²) in [6, 6.07) is 17.9. The first-order chi connectivity index (χ1) is 12.8. The molecule has 4 rings (SSSR count). The van der Waals surface area contributed by atoms with Gasteiger partial charge in [-0.15, -0.1) is 0 Å². The van der Waals surface area contributed by atoms with Crippen LogP contribution in [0.15, 0.2) is 66.4 Å². The van der Waals surface area contributed by atoms with Crippen molar-refractivity contribution in [1.29, 1.82) is 0 Å².